The van der Waals surface area contributed by atoms with E-state index < -0.39 is 6.04 Å². The van der Waals surface area contributed by atoms with Gasteiger partial charge in [-0.05, 0) is 36.8 Å². The molecule has 2 aromatic rings. The zero-order chi connectivity index (χ0) is 20.1. The van der Waals surface area contributed by atoms with Crippen molar-refractivity contribution in [1.29, 1.82) is 0 Å². The van der Waals surface area contributed by atoms with Gasteiger partial charge in [0.25, 0.3) is 0 Å². The first-order chi connectivity index (χ1) is 12.8. The van der Waals surface area contributed by atoms with Gasteiger partial charge in [-0.2, -0.15) is 0 Å². The van der Waals surface area contributed by atoms with E-state index in [0.717, 1.165) is 0 Å². The summed E-state index contributed by atoms with van der Waals surface area (Å²) in [5.74, 6) is -0.631. The van der Waals surface area contributed by atoms with Gasteiger partial charge in [-0.25, -0.2) is 0 Å². The fourth-order valence-corrected chi connectivity index (χ4v) is 3.65. The van der Waals surface area contributed by atoms with Gasteiger partial charge < -0.3 is 10.2 Å². The molecule has 0 saturated carbocycles. The number of nitrogens with zero attached hydrogens (tertiary/aromatic N) is 1. The molecule has 0 aliphatic carbocycles. The molecule has 0 unspecified atom stereocenters. The molecular formula is C19H18Cl4N2O2. The van der Waals surface area contributed by atoms with Crippen LogP contribution >= 0.6 is 46.4 Å². The van der Waals surface area contributed by atoms with Gasteiger partial charge in [0, 0.05) is 39.2 Å². The Morgan fingerprint density at radius 1 is 0.926 bits per heavy atom. The second-order valence-corrected chi connectivity index (χ2v) is 7.52. The molecule has 0 radical (unpaired) electrons. The van der Waals surface area contributed by atoms with Gasteiger partial charge in [0.1, 0.15) is 6.04 Å². The van der Waals surface area contributed by atoms with Gasteiger partial charge in [-0.15, -0.1) is 0 Å². The first-order valence-electron chi connectivity index (χ1n) is 8.13. The van der Waals surface area contributed by atoms with Gasteiger partial charge in [-0.1, -0.05) is 58.5 Å². The van der Waals surface area contributed by atoms with E-state index in [9.17, 15) is 9.59 Å². The van der Waals surface area contributed by atoms with Crippen LogP contribution in [0.4, 0.5) is 0 Å². The maximum atomic E-state index is 13.0. The molecule has 0 bridgehead atoms. The summed E-state index contributed by atoms with van der Waals surface area (Å²) < 4.78 is 0. The fraction of sp³-hybridized carbons (Fsp3) is 0.263. The highest BCUT2D eigenvalue weighted by Gasteiger charge is 2.27. The molecule has 2 rings (SSSR count). The van der Waals surface area contributed by atoms with Crippen molar-refractivity contribution >= 4 is 58.2 Å². The van der Waals surface area contributed by atoms with Crippen LogP contribution in [0.5, 0.6) is 0 Å². The highest BCUT2D eigenvalue weighted by Crippen LogP contribution is 2.29. The lowest BCUT2D eigenvalue weighted by atomic mass is 10.1. The van der Waals surface area contributed by atoms with Crippen molar-refractivity contribution in [2.75, 3.05) is 7.05 Å². The van der Waals surface area contributed by atoms with Gasteiger partial charge in [0.2, 0.25) is 11.8 Å². The standard InChI is InChI=1S/C19H18Cl4N2O2/c1-11(19(27)24-2)25(10-13-16(22)7-4-8-17(13)23)18(26)9-12-14(20)5-3-6-15(12)21/h3-8,11H,9-10H2,1-2H3,(H,24,27)/t11-/m1/s1. The third-order valence-electron chi connectivity index (χ3n) is 4.19. The third-order valence-corrected chi connectivity index (χ3v) is 5.61. The van der Waals surface area contributed by atoms with E-state index in [4.69, 9.17) is 46.4 Å². The van der Waals surface area contributed by atoms with Crippen LogP contribution in [0, 0.1) is 0 Å². The summed E-state index contributed by atoms with van der Waals surface area (Å²) in [5.41, 5.74) is 1.07. The molecule has 0 aromatic heterocycles. The summed E-state index contributed by atoms with van der Waals surface area (Å²) >= 11 is 24.8. The number of benzene rings is 2. The van der Waals surface area contributed by atoms with E-state index in [2.05, 4.69) is 5.32 Å². The summed E-state index contributed by atoms with van der Waals surface area (Å²) in [6.45, 7) is 1.71. The Hall–Kier alpha value is -1.46. The number of halogens is 4. The van der Waals surface area contributed by atoms with E-state index in [1.165, 1.54) is 11.9 Å². The van der Waals surface area contributed by atoms with Crippen LogP contribution in [-0.4, -0.2) is 29.8 Å². The number of hydrogen-bond acceptors (Lipinski definition) is 2. The second-order valence-electron chi connectivity index (χ2n) is 5.89. The predicted molar refractivity (Wildman–Crippen MR) is 111 cm³/mol. The number of nitrogens with one attached hydrogen (secondary N) is 1. The number of likely N-dealkylation sites (N-methyl/N-ethyl adjacent to an activating group) is 1. The van der Waals surface area contributed by atoms with Crippen LogP contribution < -0.4 is 5.32 Å². The van der Waals surface area contributed by atoms with Crippen molar-refractivity contribution in [1.82, 2.24) is 10.2 Å². The topological polar surface area (TPSA) is 49.4 Å². The molecular weight excluding hydrogens is 430 g/mol. The molecule has 8 heteroatoms. The number of hydrogen-bond donors (Lipinski definition) is 1. The largest absolute Gasteiger partial charge is 0.357 e. The van der Waals surface area contributed by atoms with Gasteiger partial charge >= 0.3 is 0 Å². The SMILES string of the molecule is CNC(=O)[C@@H](C)N(Cc1c(Cl)cccc1Cl)C(=O)Cc1c(Cl)cccc1Cl. The Bertz CT molecular complexity index is 817. The first-order valence-corrected chi connectivity index (χ1v) is 9.64. The molecule has 144 valence electrons. The minimum absolute atomic E-state index is 0.0537. The molecule has 0 aliphatic heterocycles. The Kier molecular flexibility index (Phi) is 7.80. The van der Waals surface area contributed by atoms with Crippen LogP contribution in [-0.2, 0) is 22.6 Å². The highest BCUT2D eigenvalue weighted by atomic mass is 35.5. The van der Waals surface area contributed by atoms with E-state index in [-0.39, 0.29) is 24.8 Å². The Morgan fingerprint density at radius 2 is 1.37 bits per heavy atom. The Labute approximate surface area is 178 Å². The fourth-order valence-electron chi connectivity index (χ4n) is 2.60. The third kappa shape index (κ3) is 5.29. The molecule has 2 amide bonds. The minimum atomic E-state index is -0.740. The Balaban J connectivity index is 2.37. The van der Waals surface area contributed by atoms with Crippen LogP contribution in [0.25, 0.3) is 0 Å². The van der Waals surface area contributed by atoms with Crippen molar-refractivity contribution in [3.63, 3.8) is 0 Å². The second kappa shape index (κ2) is 9.65. The monoisotopic (exact) mass is 446 g/mol. The van der Waals surface area contributed by atoms with Crippen LogP contribution in [0.2, 0.25) is 20.1 Å². The number of carbonyl (C=O) groups is 2. The number of rotatable bonds is 6. The molecule has 27 heavy (non-hydrogen) atoms. The van der Waals surface area contributed by atoms with E-state index in [1.807, 2.05) is 0 Å². The van der Waals surface area contributed by atoms with E-state index >= 15 is 0 Å². The van der Waals surface area contributed by atoms with E-state index in [0.29, 0.717) is 31.2 Å². The highest BCUT2D eigenvalue weighted by molar-refractivity contribution is 6.36. The molecule has 1 N–H and O–H groups in total. The lowest BCUT2D eigenvalue weighted by Gasteiger charge is -2.29. The zero-order valence-electron chi connectivity index (χ0n) is 14.7. The maximum Gasteiger partial charge on any atom is 0.242 e. The van der Waals surface area contributed by atoms with Gasteiger partial charge in [0.05, 0.1) is 6.42 Å². The number of carbonyl (C=O) groups excluding carboxylic acids is 2. The molecule has 4 nitrogen and oxygen atoms in total. The normalized spacial score (nSPS) is 11.8. The quantitative estimate of drug-likeness (QED) is 0.676. The molecule has 0 fully saturated rings. The smallest absolute Gasteiger partial charge is 0.242 e. The maximum absolute atomic E-state index is 13.0. The first kappa shape index (κ1) is 21.8. The molecule has 0 saturated heterocycles. The average molecular weight is 448 g/mol. The minimum Gasteiger partial charge on any atom is -0.357 e. The van der Waals surface area contributed by atoms with Crippen LogP contribution in [0.15, 0.2) is 36.4 Å². The zero-order valence-corrected chi connectivity index (χ0v) is 17.8. The van der Waals surface area contributed by atoms with Crippen LogP contribution in [0.1, 0.15) is 18.1 Å². The summed E-state index contributed by atoms with van der Waals surface area (Å²) in [4.78, 5) is 26.6. The van der Waals surface area contributed by atoms with E-state index in [1.54, 1.807) is 43.3 Å². The number of amides is 2. The van der Waals surface area contributed by atoms with Gasteiger partial charge in [-0.3, -0.25) is 9.59 Å². The Morgan fingerprint density at radius 3 is 1.81 bits per heavy atom. The van der Waals surface area contributed by atoms with Crippen molar-refractivity contribution in [2.24, 2.45) is 0 Å². The van der Waals surface area contributed by atoms with Gasteiger partial charge in [0.15, 0.2) is 0 Å². The lowest BCUT2D eigenvalue weighted by Crippen LogP contribution is -2.47. The summed E-state index contributed by atoms with van der Waals surface area (Å²) in [7, 11) is 1.51. The van der Waals surface area contributed by atoms with Crippen molar-refractivity contribution < 1.29 is 9.59 Å². The molecule has 0 heterocycles. The molecule has 0 spiro atoms. The molecule has 1 atom stereocenters. The lowest BCUT2D eigenvalue weighted by molar-refractivity contribution is -0.139. The van der Waals surface area contributed by atoms with Crippen LogP contribution in [0.3, 0.4) is 0 Å². The van der Waals surface area contributed by atoms with Crippen molar-refractivity contribution in [2.45, 2.75) is 25.9 Å². The summed E-state index contributed by atoms with van der Waals surface area (Å²) in [5, 5.41) is 4.16. The average Bonchev–Trinajstić information content (AvgIpc) is 2.63. The predicted octanol–water partition coefficient (Wildman–Crippen LogP) is 5.01. The molecule has 2 aromatic carbocycles. The van der Waals surface area contributed by atoms with Crippen molar-refractivity contribution in [3.05, 3.63) is 67.6 Å². The molecule has 0 aliphatic rings. The van der Waals surface area contributed by atoms with Crippen molar-refractivity contribution in [3.8, 4) is 0 Å². The summed E-state index contributed by atoms with van der Waals surface area (Å²) in [6, 6.07) is 9.36. The summed E-state index contributed by atoms with van der Waals surface area (Å²) in [6.07, 6.45) is -0.0537.